The van der Waals surface area contributed by atoms with E-state index in [1.165, 1.54) is 4.90 Å². The number of carbonyl (C=O) groups excluding carboxylic acids is 2. The van der Waals surface area contributed by atoms with E-state index in [2.05, 4.69) is 10.5 Å². The minimum Gasteiger partial charge on any atom is -0.409 e. The minimum absolute atomic E-state index is 0.0746. The Hall–Kier alpha value is -2.57. The number of amides is 2. The molecule has 2 rings (SSSR count). The summed E-state index contributed by atoms with van der Waals surface area (Å²) in [7, 11) is 0. The molecule has 0 aliphatic carbocycles. The van der Waals surface area contributed by atoms with Gasteiger partial charge in [-0.2, -0.15) is 0 Å². The summed E-state index contributed by atoms with van der Waals surface area (Å²) < 4.78 is 0. The Morgan fingerprint density at radius 2 is 2.24 bits per heavy atom. The van der Waals surface area contributed by atoms with Gasteiger partial charge in [0.1, 0.15) is 6.54 Å². The molecule has 21 heavy (non-hydrogen) atoms. The van der Waals surface area contributed by atoms with Gasteiger partial charge in [0, 0.05) is 0 Å². The molecule has 1 atom stereocenters. The zero-order valence-electron chi connectivity index (χ0n) is 11.7. The molecule has 1 aliphatic rings. The first-order valence-corrected chi connectivity index (χ1v) is 6.76. The van der Waals surface area contributed by atoms with Crippen molar-refractivity contribution in [3.05, 3.63) is 24.3 Å². The summed E-state index contributed by atoms with van der Waals surface area (Å²) in [6.07, 6.45) is 1.16. The summed E-state index contributed by atoms with van der Waals surface area (Å²) in [4.78, 5) is 25.8. The highest BCUT2D eigenvalue weighted by atomic mass is 16.4. The van der Waals surface area contributed by atoms with Crippen LogP contribution in [0.5, 0.6) is 0 Å². The van der Waals surface area contributed by atoms with Gasteiger partial charge < -0.3 is 21.2 Å². The third-order valence-electron chi connectivity index (χ3n) is 3.38. The number of para-hydroxylation sites is 2. The van der Waals surface area contributed by atoms with E-state index < -0.39 is 5.92 Å². The number of hydrogen-bond acceptors (Lipinski definition) is 4. The molecular weight excluding hydrogens is 272 g/mol. The van der Waals surface area contributed by atoms with Crippen LogP contribution in [0.4, 0.5) is 11.4 Å². The number of carbonyl (C=O) groups is 2. The number of rotatable bonds is 4. The Morgan fingerprint density at radius 1 is 1.52 bits per heavy atom. The maximum absolute atomic E-state index is 12.7. The molecule has 1 aliphatic heterocycles. The molecule has 0 fully saturated rings. The second-order valence-corrected chi connectivity index (χ2v) is 4.86. The van der Waals surface area contributed by atoms with Gasteiger partial charge in [-0.3, -0.25) is 9.59 Å². The fourth-order valence-electron chi connectivity index (χ4n) is 2.37. The van der Waals surface area contributed by atoms with Crippen molar-refractivity contribution in [2.24, 2.45) is 16.8 Å². The van der Waals surface area contributed by atoms with Crippen LogP contribution in [-0.4, -0.2) is 29.4 Å². The summed E-state index contributed by atoms with van der Waals surface area (Å²) in [5.41, 5.74) is 6.82. The number of nitrogens with two attached hydrogens (primary N) is 1. The van der Waals surface area contributed by atoms with Gasteiger partial charge in [-0.25, -0.2) is 0 Å². The predicted octanol–water partition coefficient (Wildman–Crippen LogP) is 1.13. The van der Waals surface area contributed by atoms with E-state index >= 15 is 0 Å². The quantitative estimate of drug-likeness (QED) is 0.334. The van der Waals surface area contributed by atoms with Gasteiger partial charge in [-0.15, -0.1) is 0 Å². The summed E-state index contributed by atoms with van der Waals surface area (Å²) in [5.74, 6) is -1.48. The number of nitrogens with zero attached hydrogens (tertiary/aromatic N) is 2. The maximum Gasteiger partial charge on any atom is 0.244 e. The molecule has 0 spiro atoms. The molecule has 4 N–H and O–H groups in total. The van der Waals surface area contributed by atoms with Crippen LogP contribution in [0.15, 0.2) is 29.4 Å². The van der Waals surface area contributed by atoms with E-state index in [-0.39, 0.29) is 24.2 Å². The summed E-state index contributed by atoms with van der Waals surface area (Å²) in [6.45, 7) is 1.83. The summed E-state index contributed by atoms with van der Waals surface area (Å²) >= 11 is 0. The topological polar surface area (TPSA) is 108 Å². The van der Waals surface area contributed by atoms with Gasteiger partial charge >= 0.3 is 0 Å². The number of benzene rings is 1. The zero-order valence-corrected chi connectivity index (χ0v) is 11.7. The van der Waals surface area contributed by atoms with Gasteiger partial charge in [-0.1, -0.05) is 30.6 Å². The fraction of sp³-hybridized carbons (Fsp3) is 0.357. The summed E-state index contributed by atoms with van der Waals surface area (Å²) in [5, 5.41) is 14.5. The van der Waals surface area contributed by atoms with Crippen molar-refractivity contribution in [2.75, 3.05) is 16.8 Å². The molecule has 7 nitrogen and oxygen atoms in total. The molecule has 1 unspecified atom stereocenters. The van der Waals surface area contributed by atoms with Crippen molar-refractivity contribution < 1.29 is 14.8 Å². The van der Waals surface area contributed by atoms with E-state index in [9.17, 15) is 9.59 Å². The molecule has 0 saturated heterocycles. The van der Waals surface area contributed by atoms with E-state index in [4.69, 9.17) is 10.9 Å². The molecule has 1 aromatic rings. The second-order valence-electron chi connectivity index (χ2n) is 4.86. The van der Waals surface area contributed by atoms with Crippen molar-refractivity contribution in [3.63, 3.8) is 0 Å². The van der Waals surface area contributed by atoms with E-state index in [1.807, 2.05) is 6.92 Å². The Labute approximate surface area is 122 Å². The molecule has 1 aromatic carbocycles. The smallest absolute Gasteiger partial charge is 0.244 e. The lowest BCUT2D eigenvalue weighted by molar-refractivity contribution is -0.123. The van der Waals surface area contributed by atoms with Crippen LogP contribution in [0.1, 0.15) is 19.8 Å². The van der Waals surface area contributed by atoms with Gasteiger partial charge in [0.15, 0.2) is 5.84 Å². The molecule has 0 aromatic heterocycles. The number of nitrogens with one attached hydrogen (secondary N) is 1. The summed E-state index contributed by atoms with van der Waals surface area (Å²) in [6, 6.07) is 7.04. The highest BCUT2D eigenvalue weighted by molar-refractivity contribution is 6.15. The molecule has 7 heteroatoms. The van der Waals surface area contributed by atoms with Gasteiger partial charge in [0.05, 0.1) is 17.3 Å². The lowest BCUT2D eigenvalue weighted by Crippen LogP contribution is -2.47. The lowest BCUT2D eigenvalue weighted by Gasteiger charge is -2.31. The van der Waals surface area contributed by atoms with E-state index in [0.29, 0.717) is 24.2 Å². The van der Waals surface area contributed by atoms with Gasteiger partial charge in [-0.05, 0) is 18.6 Å². The van der Waals surface area contributed by atoms with Crippen LogP contribution < -0.4 is 16.0 Å². The monoisotopic (exact) mass is 290 g/mol. The highest BCUT2D eigenvalue weighted by Gasteiger charge is 2.33. The van der Waals surface area contributed by atoms with Gasteiger partial charge in [0.25, 0.3) is 0 Å². The van der Waals surface area contributed by atoms with Crippen molar-refractivity contribution in [2.45, 2.75) is 19.8 Å². The zero-order chi connectivity index (χ0) is 15.4. The second kappa shape index (κ2) is 6.25. The Kier molecular flexibility index (Phi) is 4.42. The molecule has 0 radical (unpaired) electrons. The highest BCUT2D eigenvalue weighted by Crippen LogP contribution is 2.30. The predicted molar refractivity (Wildman–Crippen MR) is 79.2 cm³/mol. The molecule has 0 bridgehead atoms. The fourth-order valence-corrected chi connectivity index (χ4v) is 2.37. The van der Waals surface area contributed by atoms with Crippen molar-refractivity contribution in [3.8, 4) is 0 Å². The Morgan fingerprint density at radius 3 is 2.90 bits per heavy atom. The van der Waals surface area contributed by atoms with Crippen LogP contribution in [-0.2, 0) is 9.59 Å². The normalized spacial score (nSPS) is 16.1. The standard InChI is InChI=1S/C14H18N4O3/c1-2-5-9(13(15)17-21)14(20)18-8-12(19)16-10-6-3-4-7-11(10)18/h3-4,6-7,9,21H,2,5,8H2,1H3,(H2,15,17)(H,16,19). The first kappa shape index (κ1) is 14.8. The van der Waals surface area contributed by atoms with Crippen LogP contribution in [0.3, 0.4) is 0 Å². The van der Waals surface area contributed by atoms with Crippen LogP contribution >= 0.6 is 0 Å². The molecule has 1 heterocycles. The molecular formula is C14H18N4O3. The van der Waals surface area contributed by atoms with Crippen molar-refractivity contribution in [1.82, 2.24) is 0 Å². The number of hydrogen-bond donors (Lipinski definition) is 3. The van der Waals surface area contributed by atoms with Gasteiger partial charge in [0.2, 0.25) is 11.8 Å². The molecule has 112 valence electrons. The van der Waals surface area contributed by atoms with E-state index in [1.54, 1.807) is 24.3 Å². The number of fused-ring (bicyclic) bond motifs is 1. The number of oxime groups is 1. The van der Waals surface area contributed by atoms with E-state index in [0.717, 1.165) is 0 Å². The molecule has 2 amide bonds. The van der Waals surface area contributed by atoms with Crippen molar-refractivity contribution in [1.29, 1.82) is 0 Å². The average Bonchev–Trinajstić information content (AvgIpc) is 2.50. The number of amidine groups is 1. The third kappa shape index (κ3) is 2.96. The van der Waals surface area contributed by atoms with Crippen LogP contribution in [0, 0.1) is 5.92 Å². The SMILES string of the molecule is CCCC(C(=O)N1CC(=O)Nc2ccccc21)C(N)=NO. The maximum atomic E-state index is 12.7. The molecule has 0 saturated carbocycles. The number of anilines is 2. The van der Waals surface area contributed by atoms with Crippen LogP contribution in [0.2, 0.25) is 0 Å². The Balaban J connectivity index is 2.36. The lowest BCUT2D eigenvalue weighted by atomic mass is 9.99. The largest absolute Gasteiger partial charge is 0.409 e. The van der Waals surface area contributed by atoms with Crippen LogP contribution in [0.25, 0.3) is 0 Å². The minimum atomic E-state index is -0.737. The first-order chi connectivity index (χ1) is 10.1. The Bertz CT molecular complexity index is 585. The third-order valence-corrected chi connectivity index (χ3v) is 3.38. The first-order valence-electron chi connectivity index (χ1n) is 6.76. The average molecular weight is 290 g/mol. The van der Waals surface area contributed by atoms with Crippen molar-refractivity contribution >= 4 is 29.0 Å².